The minimum absolute atomic E-state index is 0.0589. The van der Waals surface area contributed by atoms with Crippen molar-refractivity contribution in [1.82, 2.24) is 0 Å². The first-order valence-corrected chi connectivity index (χ1v) is 4.44. The Labute approximate surface area is 90.2 Å². The van der Waals surface area contributed by atoms with Crippen molar-refractivity contribution in [2.24, 2.45) is 0 Å². The van der Waals surface area contributed by atoms with Crippen molar-refractivity contribution in [1.29, 1.82) is 0 Å². The Hall–Kier alpha value is -1.72. The Kier molecular flexibility index (Phi) is 3.76. The molecule has 0 saturated heterocycles. The molecule has 0 fully saturated rings. The number of benzene rings is 1. The molecule has 0 radical (unpaired) electrons. The first kappa shape index (κ1) is 12.4. The molecular weight excluding hydrogens is 223 g/mol. The molecule has 0 heterocycles. The van der Waals surface area contributed by atoms with Crippen molar-refractivity contribution < 1.29 is 22.7 Å². The predicted molar refractivity (Wildman–Crippen MR) is 52.3 cm³/mol. The number of alkyl halides is 3. The van der Waals surface area contributed by atoms with Crippen LogP contribution in [-0.4, -0.2) is 18.7 Å². The minimum Gasteiger partial charge on any atom is -0.484 e. The summed E-state index contributed by atoms with van der Waals surface area (Å²) < 4.78 is 40.1. The molecule has 1 rings (SSSR count). The van der Waals surface area contributed by atoms with E-state index < -0.39 is 12.8 Å². The topological polar surface area (TPSA) is 38.3 Å². The SMILES string of the molecule is CC(=O)Nc1cccc(OCC(F)(F)F)c1. The van der Waals surface area contributed by atoms with Crippen LogP contribution in [0.25, 0.3) is 0 Å². The predicted octanol–water partition coefficient (Wildman–Crippen LogP) is 2.59. The molecule has 1 aromatic rings. The summed E-state index contributed by atoms with van der Waals surface area (Å²) in [7, 11) is 0. The zero-order valence-corrected chi connectivity index (χ0v) is 8.47. The van der Waals surface area contributed by atoms with Crippen LogP contribution in [0, 0.1) is 0 Å². The van der Waals surface area contributed by atoms with Crippen molar-refractivity contribution in [2.75, 3.05) is 11.9 Å². The Morgan fingerprint density at radius 3 is 2.69 bits per heavy atom. The summed E-state index contributed by atoms with van der Waals surface area (Å²) in [5.41, 5.74) is 0.396. The maximum Gasteiger partial charge on any atom is 0.422 e. The monoisotopic (exact) mass is 233 g/mol. The third-order valence-electron chi connectivity index (χ3n) is 1.56. The molecule has 0 spiro atoms. The summed E-state index contributed by atoms with van der Waals surface area (Å²) in [6, 6.07) is 5.77. The number of carbonyl (C=O) groups is 1. The summed E-state index contributed by atoms with van der Waals surface area (Å²) in [5.74, 6) is -0.239. The van der Waals surface area contributed by atoms with Crippen LogP contribution in [0.5, 0.6) is 5.75 Å². The van der Waals surface area contributed by atoms with Crippen LogP contribution >= 0.6 is 0 Å². The van der Waals surface area contributed by atoms with Gasteiger partial charge in [-0.1, -0.05) is 6.07 Å². The van der Waals surface area contributed by atoms with Crippen molar-refractivity contribution in [2.45, 2.75) is 13.1 Å². The first-order valence-electron chi connectivity index (χ1n) is 4.44. The highest BCUT2D eigenvalue weighted by molar-refractivity contribution is 5.88. The van der Waals surface area contributed by atoms with Gasteiger partial charge in [-0.25, -0.2) is 0 Å². The molecule has 1 aromatic carbocycles. The highest BCUT2D eigenvalue weighted by Crippen LogP contribution is 2.21. The summed E-state index contributed by atoms with van der Waals surface area (Å²) in [5, 5.41) is 2.44. The lowest BCUT2D eigenvalue weighted by atomic mass is 10.3. The average Bonchev–Trinajstić information content (AvgIpc) is 2.13. The van der Waals surface area contributed by atoms with Crippen LogP contribution < -0.4 is 10.1 Å². The highest BCUT2D eigenvalue weighted by atomic mass is 19.4. The molecule has 0 aliphatic heterocycles. The second-order valence-electron chi connectivity index (χ2n) is 3.11. The third-order valence-corrected chi connectivity index (χ3v) is 1.56. The number of nitrogens with one attached hydrogen (secondary N) is 1. The summed E-state index contributed by atoms with van der Waals surface area (Å²) >= 11 is 0. The van der Waals surface area contributed by atoms with Gasteiger partial charge in [0.15, 0.2) is 6.61 Å². The molecule has 88 valence electrons. The van der Waals surface area contributed by atoms with Gasteiger partial charge in [0.2, 0.25) is 5.91 Å². The van der Waals surface area contributed by atoms with Crippen LogP contribution in [0.3, 0.4) is 0 Å². The maximum absolute atomic E-state index is 11.9. The van der Waals surface area contributed by atoms with Crippen LogP contribution in [0.4, 0.5) is 18.9 Å². The Bertz CT molecular complexity index is 377. The summed E-state index contributed by atoms with van der Waals surface area (Å²) in [6.07, 6.45) is -4.37. The average molecular weight is 233 g/mol. The van der Waals surface area contributed by atoms with E-state index in [4.69, 9.17) is 0 Å². The zero-order chi connectivity index (χ0) is 12.2. The molecule has 0 unspecified atom stereocenters. The number of ether oxygens (including phenoxy) is 1. The second kappa shape index (κ2) is 4.87. The van der Waals surface area contributed by atoms with E-state index >= 15 is 0 Å². The number of halogens is 3. The van der Waals surface area contributed by atoms with Gasteiger partial charge in [-0.15, -0.1) is 0 Å². The lowest BCUT2D eigenvalue weighted by molar-refractivity contribution is -0.153. The van der Waals surface area contributed by atoms with Gasteiger partial charge in [0.25, 0.3) is 0 Å². The van der Waals surface area contributed by atoms with Gasteiger partial charge in [0.1, 0.15) is 5.75 Å². The minimum atomic E-state index is -4.37. The van der Waals surface area contributed by atoms with Gasteiger partial charge in [0, 0.05) is 18.7 Å². The Balaban J connectivity index is 2.64. The normalized spacial score (nSPS) is 11.0. The van der Waals surface area contributed by atoms with Crippen LogP contribution in [0.2, 0.25) is 0 Å². The van der Waals surface area contributed by atoms with Crippen molar-refractivity contribution in [3.05, 3.63) is 24.3 Å². The smallest absolute Gasteiger partial charge is 0.422 e. The highest BCUT2D eigenvalue weighted by Gasteiger charge is 2.28. The molecule has 0 saturated carbocycles. The van der Waals surface area contributed by atoms with E-state index in [2.05, 4.69) is 10.1 Å². The zero-order valence-electron chi connectivity index (χ0n) is 8.47. The number of amides is 1. The van der Waals surface area contributed by atoms with Gasteiger partial charge >= 0.3 is 6.18 Å². The fourth-order valence-corrected chi connectivity index (χ4v) is 1.03. The van der Waals surface area contributed by atoms with Gasteiger partial charge in [-0.3, -0.25) is 4.79 Å². The number of rotatable bonds is 3. The Morgan fingerprint density at radius 1 is 1.44 bits per heavy atom. The van der Waals surface area contributed by atoms with E-state index in [9.17, 15) is 18.0 Å². The fraction of sp³-hybridized carbons (Fsp3) is 0.300. The molecule has 0 aliphatic carbocycles. The number of anilines is 1. The van der Waals surface area contributed by atoms with Gasteiger partial charge in [0.05, 0.1) is 0 Å². The largest absolute Gasteiger partial charge is 0.484 e. The van der Waals surface area contributed by atoms with E-state index in [-0.39, 0.29) is 11.7 Å². The number of hydrogen-bond donors (Lipinski definition) is 1. The quantitative estimate of drug-likeness (QED) is 0.871. The second-order valence-corrected chi connectivity index (χ2v) is 3.11. The third kappa shape index (κ3) is 4.68. The van der Waals surface area contributed by atoms with Crippen LogP contribution in [-0.2, 0) is 4.79 Å². The van der Waals surface area contributed by atoms with Gasteiger partial charge < -0.3 is 10.1 Å². The standard InChI is InChI=1S/C10H10F3NO2/c1-7(15)14-8-3-2-4-9(5-8)16-6-10(11,12)13/h2-5H,6H2,1H3,(H,14,15). The number of hydrogen-bond acceptors (Lipinski definition) is 2. The van der Waals surface area contributed by atoms with Crippen molar-refractivity contribution in [3.63, 3.8) is 0 Å². The van der Waals surface area contributed by atoms with E-state index in [1.807, 2.05) is 0 Å². The van der Waals surface area contributed by atoms with E-state index in [1.165, 1.54) is 25.1 Å². The lowest BCUT2D eigenvalue weighted by Gasteiger charge is -2.10. The summed E-state index contributed by atoms with van der Waals surface area (Å²) in [4.78, 5) is 10.7. The van der Waals surface area contributed by atoms with Crippen LogP contribution in [0.15, 0.2) is 24.3 Å². The molecule has 1 amide bonds. The molecule has 1 N–H and O–H groups in total. The van der Waals surface area contributed by atoms with Crippen LogP contribution in [0.1, 0.15) is 6.92 Å². The molecule has 0 atom stereocenters. The van der Waals surface area contributed by atoms with Gasteiger partial charge in [-0.2, -0.15) is 13.2 Å². The fourth-order valence-electron chi connectivity index (χ4n) is 1.03. The molecule has 3 nitrogen and oxygen atoms in total. The molecule has 0 aromatic heterocycles. The maximum atomic E-state index is 11.9. The van der Waals surface area contributed by atoms with E-state index in [1.54, 1.807) is 6.07 Å². The van der Waals surface area contributed by atoms with Crippen molar-refractivity contribution >= 4 is 11.6 Å². The molecule has 0 bridgehead atoms. The lowest BCUT2D eigenvalue weighted by Crippen LogP contribution is -2.19. The first-order chi connectivity index (χ1) is 7.37. The number of carbonyl (C=O) groups excluding carboxylic acids is 1. The molecule has 6 heteroatoms. The Morgan fingerprint density at radius 2 is 2.12 bits per heavy atom. The molecular formula is C10H10F3NO2. The van der Waals surface area contributed by atoms with Gasteiger partial charge in [-0.05, 0) is 12.1 Å². The molecule has 0 aliphatic rings. The summed E-state index contributed by atoms with van der Waals surface area (Å²) in [6.45, 7) is -0.0419. The van der Waals surface area contributed by atoms with Crippen molar-refractivity contribution in [3.8, 4) is 5.75 Å². The van der Waals surface area contributed by atoms with E-state index in [0.29, 0.717) is 5.69 Å². The molecule has 16 heavy (non-hydrogen) atoms. The van der Waals surface area contributed by atoms with E-state index in [0.717, 1.165) is 0 Å².